The van der Waals surface area contributed by atoms with Gasteiger partial charge in [-0.1, -0.05) is 59.4 Å². The first kappa shape index (κ1) is 27.4. The highest BCUT2D eigenvalue weighted by atomic mass is 32.2. The Morgan fingerprint density at radius 1 is 0.932 bits per heavy atom. The van der Waals surface area contributed by atoms with Crippen LogP contribution in [0.15, 0.2) is 88.7 Å². The first-order valence-corrected chi connectivity index (χ1v) is 16.5. The van der Waals surface area contributed by atoms with Crippen LogP contribution < -0.4 is 19.8 Å². The van der Waals surface area contributed by atoms with Crippen molar-refractivity contribution >= 4 is 52.2 Å². The highest BCUT2D eigenvalue weighted by Gasteiger charge is 2.69. The van der Waals surface area contributed by atoms with E-state index < -0.39 is 0 Å². The summed E-state index contributed by atoms with van der Waals surface area (Å²) in [7, 11) is 0. The molecule has 8 rings (SSSR count). The maximum atomic E-state index is 13.9. The molecule has 6 unspecified atom stereocenters. The van der Waals surface area contributed by atoms with E-state index in [9.17, 15) is 19.2 Å². The molecule has 4 aliphatic rings. The molecule has 10 heteroatoms. The third-order valence-electron chi connectivity index (χ3n) is 9.68. The van der Waals surface area contributed by atoms with Crippen molar-refractivity contribution in [3.8, 4) is 5.75 Å². The Balaban J connectivity index is 1.05. The molecular weight excluding hydrogens is 595 g/mol. The lowest BCUT2D eigenvalue weighted by Gasteiger charge is -2.43. The predicted molar refractivity (Wildman–Crippen MR) is 169 cm³/mol. The van der Waals surface area contributed by atoms with E-state index >= 15 is 0 Å². The summed E-state index contributed by atoms with van der Waals surface area (Å²) in [5.74, 6) is -0.381. The number of rotatable bonds is 6. The number of aromatic nitrogens is 1. The summed E-state index contributed by atoms with van der Waals surface area (Å²) in [5, 5.41) is 3.84. The number of hydrogen-bond donors (Lipinski definition) is 2. The number of imide groups is 1. The largest absolute Gasteiger partial charge is 0.484 e. The van der Waals surface area contributed by atoms with Gasteiger partial charge in [0.1, 0.15) is 5.75 Å². The molecule has 3 aromatic carbocycles. The van der Waals surface area contributed by atoms with Crippen molar-refractivity contribution in [2.75, 3.05) is 16.8 Å². The molecule has 2 aliphatic carbocycles. The summed E-state index contributed by atoms with van der Waals surface area (Å²) in [4.78, 5) is 57.9. The highest BCUT2D eigenvalue weighted by Crippen LogP contribution is 2.68. The predicted octanol–water partition coefficient (Wildman–Crippen LogP) is 5.44. The molecule has 222 valence electrons. The average Bonchev–Trinajstić information content (AvgIpc) is 3.77. The number of thiazole rings is 1. The van der Waals surface area contributed by atoms with E-state index in [0.29, 0.717) is 17.1 Å². The SMILES string of the molecule is Cc1ccc(NC(=O)COc2ccc([C@H]3c4sc(=O)[nH]c4SC4C5CC(C6C(=O)N(c7ccccc7)C(=O)C56)C43)cc2)cc1. The second kappa shape index (κ2) is 10.5. The number of fused-ring (bicyclic) bond motifs is 9. The van der Waals surface area contributed by atoms with E-state index in [-0.39, 0.29) is 70.0 Å². The van der Waals surface area contributed by atoms with E-state index in [1.807, 2.05) is 85.8 Å². The zero-order chi connectivity index (χ0) is 30.1. The number of aryl methyl sites for hydroxylation is 1. The number of nitrogens with zero attached hydrogens (tertiary/aromatic N) is 1. The van der Waals surface area contributed by atoms with Crippen molar-refractivity contribution in [3.05, 3.63) is 105 Å². The van der Waals surface area contributed by atoms with Crippen LogP contribution in [0.2, 0.25) is 0 Å². The molecule has 3 heterocycles. The normalized spacial score (nSPS) is 28.0. The van der Waals surface area contributed by atoms with Crippen LogP contribution in [0.3, 0.4) is 0 Å². The number of carbonyl (C=O) groups is 3. The zero-order valence-corrected chi connectivity index (χ0v) is 25.4. The molecule has 7 atom stereocenters. The third kappa shape index (κ3) is 4.34. The summed E-state index contributed by atoms with van der Waals surface area (Å²) in [5.41, 5.74) is 3.50. The Bertz CT molecular complexity index is 1840. The molecule has 2 saturated carbocycles. The van der Waals surface area contributed by atoms with Crippen molar-refractivity contribution in [1.29, 1.82) is 0 Å². The fourth-order valence-corrected chi connectivity index (χ4v) is 10.9. The summed E-state index contributed by atoms with van der Waals surface area (Å²) >= 11 is 2.91. The Hall–Kier alpha value is -4.15. The second-order valence-corrected chi connectivity index (χ2v) is 14.3. The van der Waals surface area contributed by atoms with Crippen LogP contribution in [0.1, 0.15) is 28.3 Å². The Kier molecular flexibility index (Phi) is 6.53. The molecule has 2 aliphatic heterocycles. The lowest BCUT2D eigenvalue weighted by Crippen LogP contribution is -2.42. The number of ether oxygens (including phenoxy) is 1. The highest BCUT2D eigenvalue weighted by molar-refractivity contribution is 8.00. The minimum atomic E-state index is -0.344. The Labute approximate surface area is 261 Å². The van der Waals surface area contributed by atoms with Crippen molar-refractivity contribution in [2.45, 2.75) is 29.5 Å². The molecule has 1 saturated heterocycles. The van der Waals surface area contributed by atoms with Crippen LogP contribution in [0, 0.1) is 36.5 Å². The number of aromatic amines is 1. The fraction of sp³-hybridized carbons (Fsp3) is 0.294. The van der Waals surface area contributed by atoms with Crippen LogP contribution >= 0.6 is 23.1 Å². The van der Waals surface area contributed by atoms with Crippen LogP contribution in [-0.2, 0) is 14.4 Å². The average molecular weight is 624 g/mol. The molecule has 2 bridgehead atoms. The molecular formula is C34H29N3O5S2. The zero-order valence-electron chi connectivity index (χ0n) is 23.8. The van der Waals surface area contributed by atoms with Crippen molar-refractivity contribution < 1.29 is 19.1 Å². The maximum Gasteiger partial charge on any atom is 0.305 e. The van der Waals surface area contributed by atoms with Gasteiger partial charge < -0.3 is 15.0 Å². The molecule has 3 fully saturated rings. The number of benzene rings is 3. The van der Waals surface area contributed by atoms with Gasteiger partial charge in [0.15, 0.2) is 6.61 Å². The van der Waals surface area contributed by atoms with Gasteiger partial charge in [-0.2, -0.15) is 0 Å². The van der Waals surface area contributed by atoms with Crippen LogP contribution in [0.5, 0.6) is 5.75 Å². The number of anilines is 2. The van der Waals surface area contributed by atoms with Gasteiger partial charge in [0, 0.05) is 21.7 Å². The van der Waals surface area contributed by atoms with Gasteiger partial charge >= 0.3 is 4.87 Å². The fourth-order valence-electron chi connectivity index (χ4n) is 7.98. The van der Waals surface area contributed by atoms with E-state index in [0.717, 1.165) is 27.5 Å². The van der Waals surface area contributed by atoms with E-state index in [1.54, 1.807) is 11.8 Å². The minimum absolute atomic E-state index is 0.0458. The van der Waals surface area contributed by atoms with Gasteiger partial charge in [0.25, 0.3) is 5.91 Å². The van der Waals surface area contributed by atoms with Crippen molar-refractivity contribution in [2.24, 2.45) is 29.6 Å². The Morgan fingerprint density at radius 2 is 1.64 bits per heavy atom. The summed E-state index contributed by atoms with van der Waals surface area (Å²) in [6.45, 7) is 1.87. The van der Waals surface area contributed by atoms with Gasteiger partial charge in [-0.15, -0.1) is 11.8 Å². The van der Waals surface area contributed by atoms with Gasteiger partial charge in [-0.3, -0.25) is 24.1 Å². The molecule has 1 aromatic heterocycles. The van der Waals surface area contributed by atoms with Crippen LogP contribution in [0.4, 0.5) is 11.4 Å². The van der Waals surface area contributed by atoms with E-state index in [4.69, 9.17) is 4.74 Å². The Morgan fingerprint density at radius 3 is 2.36 bits per heavy atom. The van der Waals surface area contributed by atoms with Gasteiger partial charge in [-0.25, -0.2) is 0 Å². The number of amides is 3. The number of carbonyl (C=O) groups excluding carboxylic acids is 3. The molecule has 0 radical (unpaired) electrons. The third-order valence-corrected chi connectivity index (χ3v) is 12.3. The number of H-pyrrole nitrogens is 1. The lowest BCUT2D eigenvalue weighted by atomic mass is 9.68. The summed E-state index contributed by atoms with van der Waals surface area (Å²) < 4.78 is 5.79. The summed E-state index contributed by atoms with van der Waals surface area (Å²) in [6, 6.07) is 24.5. The summed E-state index contributed by atoms with van der Waals surface area (Å²) in [6.07, 6.45) is 0.838. The van der Waals surface area contributed by atoms with E-state index in [1.165, 1.54) is 16.2 Å². The van der Waals surface area contributed by atoms with Gasteiger partial charge in [0.05, 0.1) is 22.5 Å². The molecule has 8 nitrogen and oxygen atoms in total. The maximum absolute atomic E-state index is 13.9. The minimum Gasteiger partial charge on any atom is -0.484 e. The van der Waals surface area contributed by atoms with E-state index in [2.05, 4.69) is 10.3 Å². The molecule has 4 aromatic rings. The quantitative estimate of drug-likeness (QED) is 0.277. The lowest BCUT2D eigenvalue weighted by molar-refractivity contribution is -0.123. The number of nitrogens with one attached hydrogen (secondary N) is 2. The molecule has 3 amide bonds. The van der Waals surface area contributed by atoms with Gasteiger partial charge in [0.2, 0.25) is 11.8 Å². The monoisotopic (exact) mass is 623 g/mol. The number of hydrogen-bond acceptors (Lipinski definition) is 7. The number of para-hydroxylation sites is 1. The standard InChI is InChI=1S/C34H29N3O5S2/c1-17-7-11-19(12-8-17)35-24(38)16-42-21-13-9-18(10-14-21)25-26-22-15-23(29(26)43-31-30(25)44-34(41)36-31)28-27(22)32(39)37(33(28)40)20-5-3-2-4-6-20/h2-14,22-23,25-29H,15-16H2,1H3,(H,35,38)(H,36,41)/t22?,23?,25-,26?,27?,28?,29?/m1/s1. The smallest absolute Gasteiger partial charge is 0.305 e. The molecule has 44 heavy (non-hydrogen) atoms. The van der Waals surface area contributed by atoms with Gasteiger partial charge in [-0.05, 0) is 73.1 Å². The second-order valence-electron chi connectivity index (χ2n) is 12.1. The topological polar surface area (TPSA) is 109 Å². The first-order chi connectivity index (χ1) is 21.4. The first-order valence-electron chi connectivity index (χ1n) is 14.8. The number of thioether (sulfide) groups is 1. The van der Waals surface area contributed by atoms with Crippen molar-refractivity contribution in [1.82, 2.24) is 4.98 Å². The molecule has 0 spiro atoms. The van der Waals surface area contributed by atoms with Crippen molar-refractivity contribution in [3.63, 3.8) is 0 Å². The molecule has 2 N–H and O–H groups in total. The van der Waals surface area contributed by atoms with Crippen LogP contribution in [-0.4, -0.2) is 34.6 Å². The van der Waals surface area contributed by atoms with Crippen LogP contribution in [0.25, 0.3) is 0 Å².